The van der Waals surface area contributed by atoms with Gasteiger partial charge in [-0.25, -0.2) is 4.98 Å². The van der Waals surface area contributed by atoms with Crippen LogP contribution >= 0.6 is 0 Å². The molecular weight excluding hydrogens is 342 g/mol. The zero-order chi connectivity index (χ0) is 18.7. The van der Waals surface area contributed by atoms with Crippen LogP contribution in [0.1, 0.15) is 19.3 Å². The van der Waals surface area contributed by atoms with Gasteiger partial charge >= 0.3 is 0 Å². The minimum atomic E-state index is -0.249. The Bertz CT molecular complexity index is 797. The Labute approximate surface area is 160 Å². The number of fused-ring (bicyclic) bond motifs is 1. The van der Waals surface area contributed by atoms with Crippen LogP contribution in [0, 0.1) is 0 Å². The van der Waals surface area contributed by atoms with Crippen LogP contribution in [-0.4, -0.2) is 67.9 Å². The van der Waals surface area contributed by atoms with Gasteiger partial charge in [0, 0.05) is 44.9 Å². The third-order valence-electron chi connectivity index (χ3n) is 5.75. The molecule has 6 nitrogen and oxygen atoms in total. The highest BCUT2D eigenvalue weighted by Crippen LogP contribution is 2.33. The quantitative estimate of drug-likeness (QED) is 0.829. The van der Waals surface area contributed by atoms with Crippen LogP contribution in [0.3, 0.4) is 0 Å². The summed E-state index contributed by atoms with van der Waals surface area (Å²) in [5.74, 6) is 1.21. The Morgan fingerprint density at radius 3 is 2.85 bits per heavy atom. The van der Waals surface area contributed by atoms with Gasteiger partial charge in [0.15, 0.2) is 0 Å². The average molecular weight is 369 g/mol. The number of nitrogens with zero attached hydrogens (tertiary/aromatic N) is 3. The Morgan fingerprint density at radius 2 is 2.04 bits per heavy atom. The third-order valence-corrected chi connectivity index (χ3v) is 5.75. The van der Waals surface area contributed by atoms with Gasteiger partial charge in [-0.05, 0) is 24.3 Å². The van der Waals surface area contributed by atoms with E-state index in [0.717, 1.165) is 31.7 Å². The summed E-state index contributed by atoms with van der Waals surface area (Å²) < 4.78 is 11.4. The van der Waals surface area contributed by atoms with Crippen molar-refractivity contribution in [1.82, 2.24) is 9.88 Å². The number of ether oxygens (including phenoxy) is 2. The second kappa shape index (κ2) is 7.82. The van der Waals surface area contributed by atoms with Crippen molar-refractivity contribution in [3.63, 3.8) is 0 Å². The Balaban J connectivity index is 1.49. The number of pyridine rings is 1. The SMILES string of the molecule is COCCN1CC2(CCN(c3nccc4ccccc34)CC2)OCCC1=O. The molecule has 0 radical (unpaired) electrons. The van der Waals surface area contributed by atoms with E-state index in [-0.39, 0.29) is 11.5 Å². The first-order valence-electron chi connectivity index (χ1n) is 9.70. The molecule has 0 aliphatic carbocycles. The summed E-state index contributed by atoms with van der Waals surface area (Å²) in [6, 6.07) is 10.4. The molecule has 0 bridgehead atoms. The van der Waals surface area contributed by atoms with E-state index in [1.54, 1.807) is 7.11 Å². The standard InChI is InChI=1S/C21H27N3O3/c1-26-15-13-24-16-21(27-14-7-19(24)25)8-11-23(12-9-21)20-18-5-3-2-4-17(18)6-10-22-20/h2-6,10H,7-9,11-16H2,1H3. The number of hydrogen-bond donors (Lipinski definition) is 0. The van der Waals surface area contributed by atoms with Crippen LogP contribution in [0.25, 0.3) is 10.8 Å². The van der Waals surface area contributed by atoms with Crippen molar-refractivity contribution in [2.24, 2.45) is 0 Å². The lowest BCUT2D eigenvalue weighted by Crippen LogP contribution is -2.52. The molecule has 1 spiro atoms. The number of hydrogen-bond acceptors (Lipinski definition) is 5. The molecule has 2 aliphatic rings. The van der Waals surface area contributed by atoms with Gasteiger partial charge in [0.1, 0.15) is 5.82 Å². The summed E-state index contributed by atoms with van der Waals surface area (Å²) in [5.41, 5.74) is -0.249. The summed E-state index contributed by atoms with van der Waals surface area (Å²) in [4.78, 5) is 21.3. The van der Waals surface area contributed by atoms with E-state index in [2.05, 4.69) is 40.2 Å². The molecule has 2 aliphatic heterocycles. The van der Waals surface area contributed by atoms with E-state index in [1.807, 2.05) is 11.1 Å². The maximum atomic E-state index is 12.3. The average Bonchev–Trinajstić information content (AvgIpc) is 2.85. The third kappa shape index (κ3) is 3.77. The minimum absolute atomic E-state index is 0.169. The highest BCUT2D eigenvalue weighted by Gasteiger charge is 2.40. The summed E-state index contributed by atoms with van der Waals surface area (Å²) in [6.07, 6.45) is 4.14. The molecule has 4 rings (SSSR count). The molecule has 0 atom stereocenters. The molecular formula is C21H27N3O3. The first-order valence-corrected chi connectivity index (χ1v) is 9.70. The number of methoxy groups -OCH3 is 1. The number of carbonyl (C=O) groups is 1. The van der Waals surface area contributed by atoms with Crippen molar-refractivity contribution < 1.29 is 14.3 Å². The fourth-order valence-electron chi connectivity index (χ4n) is 4.18. The number of anilines is 1. The molecule has 144 valence electrons. The zero-order valence-corrected chi connectivity index (χ0v) is 15.9. The van der Waals surface area contributed by atoms with Gasteiger partial charge in [0.2, 0.25) is 5.91 Å². The van der Waals surface area contributed by atoms with Crippen molar-refractivity contribution in [3.8, 4) is 0 Å². The van der Waals surface area contributed by atoms with Crippen LogP contribution < -0.4 is 4.90 Å². The number of aromatic nitrogens is 1. The van der Waals surface area contributed by atoms with E-state index < -0.39 is 0 Å². The predicted octanol–water partition coefficient (Wildman–Crippen LogP) is 2.47. The van der Waals surface area contributed by atoms with Crippen LogP contribution in [0.2, 0.25) is 0 Å². The van der Waals surface area contributed by atoms with Crippen molar-refractivity contribution in [1.29, 1.82) is 0 Å². The molecule has 2 saturated heterocycles. The number of rotatable bonds is 4. The zero-order valence-electron chi connectivity index (χ0n) is 15.9. The molecule has 1 amide bonds. The first-order chi connectivity index (χ1) is 13.2. The lowest BCUT2D eigenvalue weighted by molar-refractivity contribution is -0.132. The van der Waals surface area contributed by atoms with Crippen molar-refractivity contribution in [2.75, 3.05) is 51.4 Å². The van der Waals surface area contributed by atoms with Gasteiger partial charge in [-0.15, -0.1) is 0 Å². The van der Waals surface area contributed by atoms with E-state index in [9.17, 15) is 4.79 Å². The number of carbonyl (C=O) groups excluding carboxylic acids is 1. The Kier molecular flexibility index (Phi) is 5.27. The van der Waals surface area contributed by atoms with Gasteiger partial charge in [-0.2, -0.15) is 0 Å². The second-order valence-corrected chi connectivity index (χ2v) is 7.43. The summed E-state index contributed by atoms with van der Waals surface area (Å²) in [7, 11) is 1.67. The second-order valence-electron chi connectivity index (χ2n) is 7.43. The van der Waals surface area contributed by atoms with Crippen molar-refractivity contribution in [2.45, 2.75) is 24.9 Å². The summed E-state index contributed by atoms with van der Waals surface area (Å²) in [6.45, 7) is 4.13. The maximum absolute atomic E-state index is 12.3. The topological polar surface area (TPSA) is 54.9 Å². The van der Waals surface area contributed by atoms with Crippen LogP contribution in [-0.2, 0) is 14.3 Å². The predicted molar refractivity (Wildman–Crippen MR) is 105 cm³/mol. The van der Waals surface area contributed by atoms with Crippen molar-refractivity contribution in [3.05, 3.63) is 36.5 Å². The highest BCUT2D eigenvalue weighted by molar-refractivity contribution is 5.92. The molecule has 3 heterocycles. The number of piperidine rings is 1. The van der Waals surface area contributed by atoms with E-state index in [1.165, 1.54) is 10.8 Å². The van der Waals surface area contributed by atoms with Crippen LogP contribution in [0.5, 0.6) is 0 Å². The molecule has 0 saturated carbocycles. The van der Waals surface area contributed by atoms with Gasteiger partial charge < -0.3 is 19.3 Å². The highest BCUT2D eigenvalue weighted by atomic mass is 16.5. The number of amides is 1. The maximum Gasteiger partial charge on any atom is 0.225 e. The molecule has 2 fully saturated rings. The van der Waals surface area contributed by atoms with Gasteiger partial charge in [0.05, 0.1) is 25.2 Å². The van der Waals surface area contributed by atoms with Gasteiger partial charge in [-0.3, -0.25) is 4.79 Å². The van der Waals surface area contributed by atoms with E-state index >= 15 is 0 Å². The van der Waals surface area contributed by atoms with Crippen LogP contribution in [0.4, 0.5) is 5.82 Å². The fraction of sp³-hybridized carbons (Fsp3) is 0.524. The van der Waals surface area contributed by atoms with Gasteiger partial charge in [0.25, 0.3) is 0 Å². The minimum Gasteiger partial charge on any atom is -0.383 e. The lowest BCUT2D eigenvalue weighted by atomic mass is 9.90. The fourth-order valence-corrected chi connectivity index (χ4v) is 4.18. The normalized spacial score (nSPS) is 20.3. The number of benzene rings is 1. The Hall–Kier alpha value is -2.18. The largest absolute Gasteiger partial charge is 0.383 e. The van der Waals surface area contributed by atoms with Crippen LogP contribution in [0.15, 0.2) is 36.5 Å². The molecule has 2 aromatic rings. The molecule has 0 unspecified atom stereocenters. The van der Waals surface area contributed by atoms with Gasteiger partial charge in [-0.1, -0.05) is 24.3 Å². The first kappa shape index (κ1) is 18.2. The summed E-state index contributed by atoms with van der Waals surface area (Å²) >= 11 is 0. The van der Waals surface area contributed by atoms with E-state index in [0.29, 0.717) is 32.7 Å². The monoisotopic (exact) mass is 369 g/mol. The molecule has 27 heavy (non-hydrogen) atoms. The molecule has 1 aromatic carbocycles. The molecule has 6 heteroatoms. The molecule has 0 N–H and O–H groups in total. The van der Waals surface area contributed by atoms with E-state index in [4.69, 9.17) is 9.47 Å². The Morgan fingerprint density at radius 1 is 1.22 bits per heavy atom. The lowest BCUT2D eigenvalue weighted by Gasteiger charge is -2.43. The molecule has 1 aromatic heterocycles. The smallest absolute Gasteiger partial charge is 0.225 e. The van der Waals surface area contributed by atoms with Crippen molar-refractivity contribution >= 4 is 22.5 Å². The summed E-state index contributed by atoms with van der Waals surface area (Å²) in [5, 5.41) is 2.40.